The van der Waals surface area contributed by atoms with Crippen LogP contribution in [0.4, 0.5) is 4.39 Å². The molecule has 1 heterocycles. The number of hydrogen-bond acceptors (Lipinski definition) is 4. The normalized spacial score (nSPS) is 12.1. The highest BCUT2D eigenvalue weighted by Gasteiger charge is 2.30. The van der Waals surface area contributed by atoms with Crippen LogP contribution in [0, 0.1) is 5.82 Å². The molecule has 1 aromatic heterocycles. The Kier molecular flexibility index (Phi) is 6.08. The number of benzene rings is 5. The fourth-order valence-corrected chi connectivity index (χ4v) is 5.47. The third kappa shape index (κ3) is 4.10. The average Bonchev–Trinajstić information content (AvgIpc) is 3.31. The van der Waals surface area contributed by atoms with E-state index in [4.69, 9.17) is 9.47 Å². The van der Waals surface area contributed by atoms with Gasteiger partial charge in [-0.05, 0) is 59.3 Å². The summed E-state index contributed by atoms with van der Waals surface area (Å²) in [4.78, 5) is 3.45. The third-order valence-electron chi connectivity index (χ3n) is 7.23. The van der Waals surface area contributed by atoms with Crippen LogP contribution < -0.4 is 9.47 Å². The number of aromatic hydroxyl groups is 2. The molecule has 0 aliphatic rings. The van der Waals surface area contributed by atoms with Crippen molar-refractivity contribution in [2.45, 2.75) is 5.92 Å². The van der Waals surface area contributed by atoms with Crippen LogP contribution in [0.25, 0.3) is 32.8 Å². The van der Waals surface area contributed by atoms with Gasteiger partial charge >= 0.3 is 0 Å². The van der Waals surface area contributed by atoms with Crippen LogP contribution in [0.1, 0.15) is 22.7 Å². The summed E-state index contributed by atoms with van der Waals surface area (Å²) in [7, 11) is 3.17. The Morgan fingerprint density at radius 3 is 2.28 bits per heavy atom. The van der Waals surface area contributed by atoms with E-state index in [0.29, 0.717) is 39.4 Å². The Bertz CT molecular complexity index is 1840. The number of phenols is 2. The van der Waals surface area contributed by atoms with Gasteiger partial charge in [-0.1, -0.05) is 48.5 Å². The van der Waals surface area contributed by atoms with Crippen molar-refractivity contribution >= 4 is 21.7 Å². The highest BCUT2D eigenvalue weighted by Crippen LogP contribution is 2.49. The molecule has 6 aromatic rings. The first kappa shape index (κ1) is 24.4. The first-order chi connectivity index (χ1) is 19.0. The summed E-state index contributed by atoms with van der Waals surface area (Å²) in [6.45, 7) is 0. The van der Waals surface area contributed by atoms with E-state index in [1.54, 1.807) is 44.6 Å². The lowest BCUT2D eigenvalue weighted by Gasteiger charge is -2.23. The van der Waals surface area contributed by atoms with Gasteiger partial charge in [-0.3, -0.25) is 0 Å². The zero-order valence-corrected chi connectivity index (χ0v) is 21.4. The van der Waals surface area contributed by atoms with E-state index < -0.39 is 5.92 Å². The molecule has 1 unspecified atom stereocenters. The summed E-state index contributed by atoms with van der Waals surface area (Å²) in [5.41, 5.74) is 3.88. The van der Waals surface area contributed by atoms with Gasteiger partial charge in [0, 0.05) is 38.9 Å². The van der Waals surface area contributed by atoms with Crippen LogP contribution in [-0.2, 0) is 0 Å². The summed E-state index contributed by atoms with van der Waals surface area (Å²) >= 11 is 0. The van der Waals surface area contributed by atoms with Gasteiger partial charge in [-0.2, -0.15) is 0 Å². The van der Waals surface area contributed by atoms with Crippen molar-refractivity contribution in [3.63, 3.8) is 0 Å². The molecule has 0 spiro atoms. The largest absolute Gasteiger partial charge is 0.508 e. The number of ether oxygens (including phenoxy) is 2. The third-order valence-corrected chi connectivity index (χ3v) is 7.23. The van der Waals surface area contributed by atoms with Crippen LogP contribution in [0.3, 0.4) is 0 Å². The van der Waals surface area contributed by atoms with Crippen LogP contribution in [0.2, 0.25) is 0 Å². The smallest absolute Gasteiger partial charge is 0.125 e. The molecule has 0 saturated carbocycles. The van der Waals surface area contributed by atoms with Crippen LogP contribution >= 0.6 is 0 Å². The number of phenolic OH excluding ortho intramolecular Hbond substituents is 2. The van der Waals surface area contributed by atoms with E-state index in [2.05, 4.69) is 4.98 Å². The highest BCUT2D eigenvalue weighted by atomic mass is 19.1. The zero-order chi connectivity index (χ0) is 27.1. The summed E-state index contributed by atoms with van der Waals surface area (Å²) in [5, 5.41) is 25.0. The molecule has 0 saturated heterocycles. The minimum Gasteiger partial charge on any atom is -0.508 e. The van der Waals surface area contributed by atoms with E-state index in [-0.39, 0.29) is 17.3 Å². The molecular weight excluding hydrogens is 493 g/mol. The molecule has 5 aromatic carbocycles. The predicted octanol–water partition coefficient (Wildman–Crippen LogP) is 7.74. The van der Waals surface area contributed by atoms with Gasteiger partial charge in [-0.25, -0.2) is 4.39 Å². The van der Waals surface area contributed by atoms with Gasteiger partial charge in [-0.15, -0.1) is 0 Å². The molecule has 0 amide bonds. The second-order valence-corrected chi connectivity index (χ2v) is 9.38. The van der Waals surface area contributed by atoms with Crippen molar-refractivity contribution in [1.29, 1.82) is 0 Å². The Balaban J connectivity index is 1.78. The standard InChI is InChI=1S/C33H26FNO4/c1-38-21-13-16-27(36)25(18-21)30(24-9-5-6-10-29(24)39-2)33-32(23-14-12-20(34)17-26(23)35-33)31-22-8-4-3-7-19(22)11-15-28(31)37/h3-18,30,35-37H,1-2H3. The van der Waals surface area contributed by atoms with Gasteiger partial charge in [0.2, 0.25) is 0 Å². The summed E-state index contributed by atoms with van der Waals surface area (Å²) in [6.07, 6.45) is 0. The maximum Gasteiger partial charge on any atom is 0.125 e. The number of methoxy groups -OCH3 is 2. The zero-order valence-electron chi connectivity index (χ0n) is 21.4. The number of rotatable bonds is 6. The molecule has 5 nitrogen and oxygen atoms in total. The maximum absolute atomic E-state index is 14.5. The number of hydrogen-bond donors (Lipinski definition) is 3. The van der Waals surface area contributed by atoms with Crippen LogP contribution in [-0.4, -0.2) is 29.4 Å². The number of H-pyrrole nitrogens is 1. The molecule has 3 N–H and O–H groups in total. The molecule has 6 heteroatoms. The van der Waals surface area contributed by atoms with Crippen molar-refractivity contribution in [2.75, 3.05) is 14.2 Å². The van der Waals surface area contributed by atoms with Gasteiger partial charge in [0.25, 0.3) is 0 Å². The monoisotopic (exact) mass is 519 g/mol. The summed E-state index contributed by atoms with van der Waals surface area (Å²) in [6, 6.07) is 28.5. The van der Waals surface area contributed by atoms with Crippen LogP contribution in [0.15, 0.2) is 97.1 Å². The second kappa shape index (κ2) is 9.72. The summed E-state index contributed by atoms with van der Waals surface area (Å²) in [5.74, 6) is 0.350. The second-order valence-electron chi connectivity index (χ2n) is 9.38. The molecule has 0 bridgehead atoms. The molecule has 6 rings (SSSR count). The topological polar surface area (TPSA) is 74.7 Å². The van der Waals surface area contributed by atoms with Gasteiger partial charge in [0.1, 0.15) is 28.8 Å². The lowest BCUT2D eigenvalue weighted by atomic mass is 9.83. The van der Waals surface area contributed by atoms with Crippen molar-refractivity contribution in [1.82, 2.24) is 4.98 Å². The predicted molar refractivity (Wildman–Crippen MR) is 151 cm³/mol. The quantitative estimate of drug-likeness (QED) is 0.210. The molecule has 0 aliphatic heterocycles. The van der Waals surface area contributed by atoms with E-state index in [1.165, 1.54) is 12.1 Å². The Morgan fingerprint density at radius 2 is 1.46 bits per heavy atom. The molecule has 0 fully saturated rings. The van der Waals surface area contributed by atoms with Gasteiger partial charge < -0.3 is 24.7 Å². The molecule has 194 valence electrons. The van der Waals surface area contributed by atoms with Crippen molar-refractivity contribution < 1.29 is 24.1 Å². The first-order valence-corrected chi connectivity index (χ1v) is 12.5. The lowest BCUT2D eigenvalue weighted by molar-refractivity contribution is 0.405. The van der Waals surface area contributed by atoms with E-state index in [9.17, 15) is 14.6 Å². The number of nitrogens with one attached hydrogen (secondary N) is 1. The number of para-hydroxylation sites is 1. The Hall–Kier alpha value is -4.97. The van der Waals surface area contributed by atoms with Crippen molar-refractivity contribution in [3.05, 3.63) is 120 Å². The molecule has 0 aliphatic carbocycles. The molecule has 1 atom stereocenters. The Morgan fingerprint density at radius 1 is 0.692 bits per heavy atom. The molecular formula is C33H26FNO4. The molecule has 39 heavy (non-hydrogen) atoms. The average molecular weight is 520 g/mol. The van der Waals surface area contributed by atoms with E-state index in [1.807, 2.05) is 54.6 Å². The van der Waals surface area contributed by atoms with E-state index in [0.717, 1.165) is 21.7 Å². The van der Waals surface area contributed by atoms with Gasteiger partial charge in [0.05, 0.1) is 20.1 Å². The number of halogens is 1. The maximum atomic E-state index is 14.5. The summed E-state index contributed by atoms with van der Waals surface area (Å²) < 4.78 is 25.8. The lowest BCUT2D eigenvalue weighted by Crippen LogP contribution is -2.08. The fourth-order valence-electron chi connectivity index (χ4n) is 5.47. The van der Waals surface area contributed by atoms with Crippen LogP contribution in [0.5, 0.6) is 23.0 Å². The van der Waals surface area contributed by atoms with E-state index >= 15 is 0 Å². The van der Waals surface area contributed by atoms with Gasteiger partial charge in [0.15, 0.2) is 0 Å². The Labute approximate surface area is 224 Å². The number of aromatic amines is 1. The highest BCUT2D eigenvalue weighted by molar-refractivity contribution is 6.09. The minimum absolute atomic E-state index is 0.0598. The van der Waals surface area contributed by atoms with Crippen molar-refractivity contribution in [3.8, 4) is 34.1 Å². The number of aromatic nitrogens is 1. The molecule has 0 radical (unpaired) electrons. The first-order valence-electron chi connectivity index (χ1n) is 12.5. The number of fused-ring (bicyclic) bond motifs is 2. The SMILES string of the molecule is COc1ccc(O)c(C(c2ccccc2OC)c2[nH]c3cc(F)ccc3c2-c2c(O)ccc3ccccc23)c1. The fraction of sp³-hybridized carbons (Fsp3) is 0.0909. The minimum atomic E-state index is -0.597. The van der Waals surface area contributed by atoms with Crippen molar-refractivity contribution in [2.24, 2.45) is 0 Å².